The average Bonchev–Trinajstić information content (AvgIpc) is 3.12. The molecule has 0 unspecified atom stereocenters. The Morgan fingerprint density at radius 1 is 1.25 bits per heavy atom. The summed E-state index contributed by atoms with van der Waals surface area (Å²) >= 11 is 0. The van der Waals surface area contributed by atoms with E-state index >= 15 is 0 Å². The maximum atomic E-state index is 12.2. The molecule has 0 saturated carbocycles. The summed E-state index contributed by atoms with van der Waals surface area (Å²) < 4.78 is 7.36. The van der Waals surface area contributed by atoms with E-state index < -0.39 is 0 Å². The zero-order chi connectivity index (χ0) is 17.3. The third kappa shape index (κ3) is 2.96. The van der Waals surface area contributed by atoms with Crippen LogP contribution in [-0.4, -0.2) is 20.6 Å². The van der Waals surface area contributed by atoms with Gasteiger partial charge in [-0.25, -0.2) is 4.98 Å². The van der Waals surface area contributed by atoms with Gasteiger partial charge in [0.15, 0.2) is 5.76 Å². The SMILES string of the molecule is Cc1ncn(-c2ccc(NC(=O)c3cc(CO)c(C)o3)cc2)c1C. The number of rotatable bonds is 4. The molecule has 0 aliphatic rings. The zero-order valence-corrected chi connectivity index (χ0v) is 13.8. The van der Waals surface area contributed by atoms with Gasteiger partial charge in [0, 0.05) is 22.6 Å². The summed E-state index contributed by atoms with van der Waals surface area (Å²) in [7, 11) is 0. The molecule has 124 valence electrons. The van der Waals surface area contributed by atoms with Crippen molar-refractivity contribution < 1.29 is 14.3 Å². The molecule has 6 nitrogen and oxygen atoms in total. The Labute approximate surface area is 139 Å². The number of hydrogen-bond donors (Lipinski definition) is 2. The van der Waals surface area contributed by atoms with Crippen molar-refractivity contribution in [3.05, 3.63) is 65.1 Å². The first kappa shape index (κ1) is 16.0. The van der Waals surface area contributed by atoms with Gasteiger partial charge in [0.1, 0.15) is 5.76 Å². The Morgan fingerprint density at radius 2 is 1.96 bits per heavy atom. The number of hydrogen-bond acceptors (Lipinski definition) is 4. The number of amides is 1. The highest BCUT2D eigenvalue weighted by Crippen LogP contribution is 2.19. The number of anilines is 1. The summed E-state index contributed by atoms with van der Waals surface area (Å²) in [4.78, 5) is 16.5. The standard InChI is InChI=1S/C18H19N3O3/c1-11-12(2)21(10-19-11)16-6-4-15(5-7-16)20-18(23)17-8-14(9-22)13(3)24-17/h4-8,10,22H,9H2,1-3H3,(H,20,23). The van der Waals surface area contributed by atoms with Crippen molar-refractivity contribution in [2.45, 2.75) is 27.4 Å². The molecule has 0 bridgehead atoms. The van der Waals surface area contributed by atoms with Crippen molar-refractivity contribution in [3.63, 3.8) is 0 Å². The zero-order valence-electron chi connectivity index (χ0n) is 13.8. The number of aryl methyl sites for hydroxylation is 2. The van der Waals surface area contributed by atoms with Crippen LogP contribution in [-0.2, 0) is 6.61 Å². The Morgan fingerprint density at radius 3 is 2.50 bits per heavy atom. The van der Waals surface area contributed by atoms with E-state index in [0.717, 1.165) is 17.1 Å². The molecular weight excluding hydrogens is 306 g/mol. The van der Waals surface area contributed by atoms with Crippen LogP contribution in [0.2, 0.25) is 0 Å². The molecule has 3 aromatic rings. The molecule has 2 heterocycles. The number of benzene rings is 1. The Kier molecular flexibility index (Phi) is 4.22. The van der Waals surface area contributed by atoms with E-state index in [1.807, 2.05) is 42.7 Å². The van der Waals surface area contributed by atoms with Crippen molar-refractivity contribution in [2.75, 3.05) is 5.32 Å². The van der Waals surface area contributed by atoms with Crippen molar-refractivity contribution >= 4 is 11.6 Å². The fourth-order valence-corrected chi connectivity index (χ4v) is 2.45. The van der Waals surface area contributed by atoms with Crippen LogP contribution in [0.4, 0.5) is 5.69 Å². The van der Waals surface area contributed by atoms with Gasteiger partial charge in [-0.1, -0.05) is 0 Å². The van der Waals surface area contributed by atoms with E-state index in [-0.39, 0.29) is 18.3 Å². The Bertz CT molecular complexity index is 876. The molecule has 0 atom stereocenters. The van der Waals surface area contributed by atoms with Gasteiger partial charge in [-0.3, -0.25) is 4.79 Å². The summed E-state index contributed by atoms with van der Waals surface area (Å²) in [6.07, 6.45) is 1.78. The number of aromatic nitrogens is 2. The predicted octanol–water partition coefficient (Wildman–Crippen LogP) is 3.14. The Balaban J connectivity index is 1.76. The first-order valence-corrected chi connectivity index (χ1v) is 7.62. The van der Waals surface area contributed by atoms with Crippen molar-refractivity contribution in [1.29, 1.82) is 0 Å². The van der Waals surface area contributed by atoms with Crippen LogP contribution in [0.1, 0.15) is 33.3 Å². The fraction of sp³-hybridized carbons (Fsp3) is 0.222. The number of aliphatic hydroxyl groups excluding tert-OH is 1. The van der Waals surface area contributed by atoms with Gasteiger partial charge in [0.25, 0.3) is 5.91 Å². The van der Waals surface area contributed by atoms with Crippen LogP contribution >= 0.6 is 0 Å². The minimum Gasteiger partial charge on any atom is -0.456 e. The lowest BCUT2D eigenvalue weighted by Gasteiger charge is -2.08. The topological polar surface area (TPSA) is 80.3 Å². The highest BCUT2D eigenvalue weighted by atomic mass is 16.4. The minimum atomic E-state index is -0.347. The second-order valence-electron chi connectivity index (χ2n) is 5.64. The van der Waals surface area contributed by atoms with Crippen LogP contribution in [0.15, 0.2) is 41.1 Å². The molecule has 6 heteroatoms. The normalized spacial score (nSPS) is 10.8. The number of aliphatic hydroxyl groups is 1. The monoisotopic (exact) mass is 325 g/mol. The highest BCUT2D eigenvalue weighted by molar-refractivity contribution is 6.02. The lowest BCUT2D eigenvalue weighted by Crippen LogP contribution is -2.11. The maximum Gasteiger partial charge on any atom is 0.291 e. The molecule has 0 fully saturated rings. The molecular formula is C18H19N3O3. The summed E-state index contributed by atoms with van der Waals surface area (Å²) in [6.45, 7) is 5.54. The number of carbonyl (C=O) groups is 1. The molecule has 2 aromatic heterocycles. The second kappa shape index (κ2) is 6.33. The molecule has 0 spiro atoms. The van der Waals surface area contributed by atoms with Gasteiger partial charge in [0.2, 0.25) is 0 Å². The highest BCUT2D eigenvalue weighted by Gasteiger charge is 2.14. The van der Waals surface area contributed by atoms with Crippen LogP contribution < -0.4 is 5.32 Å². The van der Waals surface area contributed by atoms with Gasteiger partial charge in [-0.05, 0) is 51.1 Å². The van der Waals surface area contributed by atoms with Crippen molar-refractivity contribution in [1.82, 2.24) is 9.55 Å². The van der Waals surface area contributed by atoms with Gasteiger partial charge < -0.3 is 19.4 Å². The third-order valence-corrected chi connectivity index (χ3v) is 4.07. The largest absolute Gasteiger partial charge is 0.456 e. The van der Waals surface area contributed by atoms with Crippen LogP contribution in [0, 0.1) is 20.8 Å². The lowest BCUT2D eigenvalue weighted by molar-refractivity contribution is 0.0995. The van der Waals surface area contributed by atoms with Crippen molar-refractivity contribution in [2.24, 2.45) is 0 Å². The number of nitrogens with one attached hydrogen (secondary N) is 1. The van der Waals surface area contributed by atoms with Gasteiger partial charge in [0.05, 0.1) is 18.6 Å². The van der Waals surface area contributed by atoms with Gasteiger partial charge in [-0.2, -0.15) is 0 Å². The molecule has 1 amide bonds. The number of nitrogens with zero attached hydrogens (tertiary/aromatic N) is 2. The van der Waals surface area contributed by atoms with E-state index in [4.69, 9.17) is 9.52 Å². The lowest BCUT2D eigenvalue weighted by atomic mass is 10.2. The molecule has 0 aliphatic carbocycles. The van der Waals surface area contributed by atoms with Crippen molar-refractivity contribution in [3.8, 4) is 5.69 Å². The van der Waals surface area contributed by atoms with Gasteiger partial charge in [-0.15, -0.1) is 0 Å². The smallest absolute Gasteiger partial charge is 0.291 e. The summed E-state index contributed by atoms with van der Waals surface area (Å²) in [5.74, 6) is 0.380. The summed E-state index contributed by atoms with van der Waals surface area (Å²) in [5, 5.41) is 11.9. The number of furan rings is 1. The molecule has 1 aromatic carbocycles. The number of imidazole rings is 1. The molecule has 24 heavy (non-hydrogen) atoms. The predicted molar refractivity (Wildman–Crippen MR) is 90.4 cm³/mol. The van der Waals surface area contributed by atoms with Crippen LogP contribution in [0.25, 0.3) is 5.69 Å². The number of carbonyl (C=O) groups excluding carboxylic acids is 1. The maximum absolute atomic E-state index is 12.2. The molecule has 0 aliphatic heterocycles. The Hall–Kier alpha value is -2.86. The van der Waals surface area contributed by atoms with E-state index in [1.165, 1.54) is 0 Å². The quantitative estimate of drug-likeness (QED) is 0.772. The van der Waals surface area contributed by atoms with Crippen LogP contribution in [0.5, 0.6) is 0 Å². The molecule has 3 rings (SSSR count). The second-order valence-corrected chi connectivity index (χ2v) is 5.64. The molecule has 2 N–H and O–H groups in total. The van der Waals surface area contributed by atoms with E-state index in [2.05, 4.69) is 10.3 Å². The summed E-state index contributed by atoms with van der Waals surface area (Å²) in [5.41, 5.74) is 4.32. The first-order chi connectivity index (χ1) is 11.5. The van der Waals surface area contributed by atoms with E-state index in [9.17, 15) is 4.79 Å². The van der Waals surface area contributed by atoms with Gasteiger partial charge >= 0.3 is 0 Å². The minimum absolute atomic E-state index is 0.152. The van der Waals surface area contributed by atoms with Crippen LogP contribution in [0.3, 0.4) is 0 Å². The van der Waals surface area contributed by atoms with E-state index in [0.29, 0.717) is 17.0 Å². The molecule has 0 radical (unpaired) electrons. The summed E-state index contributed by atoms with van der Waals surface area (Å²) in [6, 6.07) is 9.03. The first-order valence-electron chi connectivity index (χ1n) is 7.62. The fourth-order valence-electron chi connectivity index (χ4n) is 2.45. The molecule has 0 saturated heterocycles. The average molecular weight is 325 g/mol. The third-order valence-electron chi connectivity index (χ3n) is 4.07. The van der Waals surface area contributed by atoms with E-state index in [1.54, 1.807) is 19.3 Å².